The lowest BCUT2D eigenvalue weighted by atomic mass is 10.1. The molecule has 0 saturated heterocycles. The van der Waals surface area contributed by atoms with Crippen molar-refractivity contribution in [2.75, 3.05) is 6.61 Å². The molecule has 3 heteroatoms. The number of aryl methyl sites for hydroxylation is 1. The van der Waals surface area contributed by atoms with Crippen LogP contribution in [-0.2, 0) is 13.0 Å². The van der Waals surface area contributed by atoms with Gasteiger partial charge in [-0.1, -0.05) is 27.2 Å². The molecule has 1 fully saturated rings. The summed E-state index contributed by atoms with van der Waals surface area (Å²) in [6.07, 6.45) is 7.12. The molecule has 1 heterocycles. The maximum Gasteiger partial charge on any atom is 0.213 e. The maximum atomic E-state index is 5.87. The standard InChI is InChI=1S/C18H30N2O/c1-4-6-17-11-15(13-19-16-8-9-16)12-18(20-17)21-10-5-7-14(2)3/h11-12,14,16,19H,4-10,13H2,1-3H3. The molecular weight excluding hydrogens is 260 g/mol. The molecule has 21 heavy (non-hydrogen) atoms. The molecule has 0 unspecified atom stereocenters. The Kier molecular flexibility index (Phi) is 6.50. The van der Waals surface area contributed by atoms with Crippen LogP contribution in [0, 0.1) is 5.92 Å². The van der Waals surface area contributed by atoms with Crippen molar-refractivity contribution in [2.45, 2.75) is 71.9 Å². The van der Waals surface area contributed by atoms with Crippen LogP contribution in [0.5, 0.6) is 5.88 Å². The molecule has 0 atom stereocenters. The lowest BCUT2D eigenvalue weighted by Gasteiger charge is -2.11. The minimum Gasteiger partial charge on any atom is -0.478 e. The van der Waals surface area contributed by atoms with Gasteiger partial charge in [-0.25, -0.2) is 4.98 Å². The summed E-state index contributed by atoms with van der Waals surface area (Å²) < 4.78 is 5.87. The van der Waals surface area contributed by atoms with E-state index >= 15 is 0 Å². The number of nitrogens with zero attached hydrogens (tertiary/aromatic N) is 1. The van der Waals surface area contributed by atoms with E-state index in [9.17, 15) is 0 Å². The second-order valence-electron chi connectivity index (χ2n) is 6.59. The number of hydrogen-bond acceptors (Lipinski definition) is 3. The molecule has 0 amide bonds. The summed E-state index contributed by atoms with van der Waals surface area (Å²) >= 11 is 0. The topological polar surface area (TPSA) is 34.1 Å². The summed E-state index contributed by atoms with van der Waals surface area (Å²) in [5, 5.41) is 3.57. The first-order chi connectivity index (χ1) is 10.2. The van der Waals surface area contributed by atoms with Crippen molar-refractivity contribution in [1.29, 1.82) is 0 Å². The first-order valence-electron chi connectivity index (χ1n) is 8.53. The van der Waals surface area contributed by atoms with Gasteiger partial charge in [0.05, 0.1) is 6.61 Å². The van der Waals surface area contributed by atoms with Crippen LogP contribution < -0.4 is 10.1 Å². The predicted molar refractivity (Wildman–Crippen MR) is 87.7 cm³/mol. The number of ether oxygens (including phenoxy) is 1. The highest BCUT2D eigenvalue weighted by Crippen LogP contribution is 2.20. The van der Waals surface area contributed by atoms with Crippen molar-refractivity contribution in [3.8, 4) is 5.88 Å². The van der Waals surface area contributed by atoms with Crippen molar-refractivity contribution >= 4 is 0 Å². The van der Waals surface area contributed by atoms with Crippen molar-refractivity contribution in [1.82, 2.24) is 10.3 Å². The van der Waals surface area contributed by atoms with Crippen molar-refractivity contribution in [3.05, 3.63) is 23.4 Å². The van der Waals surface area contributed by atoms with Gasteiger partial charge in [0.2, 0.25) is 5.88 Å². The summed E-state index contributed by atoms with van der Waals surface area (Å²) in [5.41, 5.74) is 2.46. The highest BCUT2D eigenvalue weighted by Gasteiger charge is 2.20. The zero-order chi connectivity index (χ0) is 15.1. The van der Waals surface area contributed by atoms with E-state index in [0.717, 1.165) is 55.9 Å². The molecule has 2 rings (SSSR count). The Morgan fingerprint density at radius 1 is 1.33 bits per heavy atom. The Bertz CT molecular complexity index is 427. The third-order valence-corrected chi connectivity index (χ3v) is 3.77. The number of rotatable bonds is 10. The number of pyridine rings is 1. The van der Waals surface area contributed by atoms with E-state index in [2.05, 4.69) is 43.2 Å². The highest BCUT2D eigenvalue weighted by molar-refractivity contribution is 5.25. The van der Waals surface area contributed by atoms with Gasteiger partial charge in [0, 0.05) is 24.3 Å². The Labute approximate surface area is 129 Å². The molecule has 1 N–H and O–H groups in total. The van der Waals surface area contributed by atoms with Crippen LogP contribution in [-0.4, -0.2) is 17.6 Å². The fraction of sp³-hybridized carbons (Fsp3) is 0.722. The summed E-state index contributed by atoms with van der Waals surface area (Å²) in [6, 6.07) is 5.06. The number of aromatic nitrogens is 1. The lowest BCUT2D eigenvalue weighted by Crippen LogP contribution is -2.16. The molecule has 0 radical (unpaired) electrons. The minimum absolute atomic E-state index is 0.739. The third-order valence-electron chi connectivity index (χ3n) is 3.77. The van der Waals surface area contributed by atoms with Gasteiger partial charge in [-0.2, -0.15) is 0 Å². The minimum atomic E-state index is 0.739. The molecule has 1 aliphatic rings. The van der Waals surface area contributed by atoms with Crippen molar-refractivity contribution < 1.29 is 4.74 Å². The Hall–Kier alpha value is -1.09. The average molecular weight is 290 g/mol. The van der Waals surface area contributed by atoms with Crippen molar-refractivity contribution in [2.24, 2.45) is 5.92 Å². The average Bonchev–Trinajstić information content (AvgIpc) is 3.26. The van der Waals surface area contributed by atoms with Gasteiger partial charge < -0.3 is 10.1 Å². The number of hydrogen-bond donors (Lipinski definition) is 1. The van der Waals surface area contributed by atoms with Gasteiger partial charge in [0.15, 0.2) is 0 Å². The smallest absolute Gasteiger partial charge is 0.213 e. The van der Waals surface area contributed by atoms with E-state index in [1.807, 2.05) is 0 Å². The summed E-state index contributed by atoms with van der Waals surface area (Å²) in [7, 11) is 0. The van der Waals surface area contributed by atoms with E-state index in [1.165, 1.54) is 24.8 Å². The maximum absolute atomic E-state index is 5.87. The van der Waals surface area contributed by atoms with Gasteiger partial charge in [-0.3, -0.25) is 0 Å². The van der Waals surface area contributed by atoms with Crippen LogP contribution in [0.4, 0.5) is 0 Å². The molecular formula is C18H30N2O. The molecule has 0 bridgehead atoms. The molecule has 118 valence electrons. The lowest BCUT2D eigenvalue weighted by molar-refractivity contribution is 0.286. The van der Waals surface area contributed by atoms with Gasteiger partial charge >= 0.3 is 0 Å². The SMILES string of the molecule is CCCc1cc(CNC2CC2)cc(OCCCC(C)C)n1. The summed E-state index contributed by atoms with van der Waals surface area (Å²) in [6.45, 7) is 8.41. The largest absolute Gasteiger partial charge is 0.478 e. The Balaban J connectivity index is 1.89. The van der Waals surface area contributed by atoms with Gasteiger partial charge in [-0.05, 0) is 49.7 Å². The molecule has 1 aromatic heterocycles. The molecule has 1 aliphatic carbocycles. The Morgan fingerprint density at radius 3 is 2.81 bits per heavy atom. The van der Waals surface area contributed by atoms with E-state index in [1.54, 1.807) is 0 Å². The summed E-state index contributed by atoms with van der Waals surface area (Å²) in [4.78, 5) is 4.63. The van der Waals surface area contributed by atoms with Crippen molar-refractivity contribution in [3.63, 3.8) is 0 Å². The van der Waals surface area contributed by atoms with E-state index in [-0.39, 0.29) is 0 Å². The third kappa shape index (κ3) is 6.47. The monoisotopic (exact) mass is 290 g/mol. The predicted octanol–water partition coefficient (Wildman–Crippen LogP) is 4.10. The second kappa shape index (κ2) is 8.38. The normalized spacial score (nSPS) is 14.7. The van der Waals surface area contributed by atoms with Gasteiger partial charge in [-0.15, -0.1) is 0 Å². The fourth-order valence-electron chi connectivity index (χ4n) is 2.40. The fourth-order valence-corrected chi connectivity index (χ4v) is 2.40. The van der Waals surface area contributed by atoms with Crippen LogP contribution in [0.1, 0.15) is 64.1 Å². The first-order valence-corrected chi connectivity index (χ1v) is 8.53. The highest BCUT2D eigenvalue weighted by atomic mass is 16.5. The summed E-state index contributed by atoms with van der Waals surface area (Å²) in [5.74, 6) is 1.54. The zero-order valence-electron chi connectivity index (χ0n) is 13.8. The molecule has 0 aromatic carbocycles. The molecule has 0 spiro atoms. The molecule has 0 aliphatic heterocycles. The van der Waals surface area contributed by atoms with E-state index < -0.39 is 0 Å². The second-order valence-corrected chi connectivity index (χ2v) is 6.59. The first kappa shape index (κ1) is 16.3. The van der Waals surface area contributed by atoms with E-state index in [0.29, 0.717) is 0 Å². The van der Waals surface area contributed by atoms with E-state index in [4.69, 9.17) is 4.74 Å². The quantitative estimate of drug-likeness (QED) is 0.659. The number of nitrogens with one attached hydrogen (secondary N) is 1. The van der Waals surface area contributed by atoms with Crippen LogP contribution >= 0.6 is 0 Å². The molecule has 3 nitrogen and oxygen atoms in total. The van der Waals surface area contributed by atoms with Crippen LogP contribution in [0.25, 0.3) is 0 Å². The van der Waals surface area contributed by atoms with Crippen LogP contribution in [0.3, 0.4) is 0 Å². The Morgan fingerprint density at radius 2 is 2.14 bits per heavy atom. The van der Waals surface area contributed by atoms with Gasteiger partial charge in [0.1, 0.15) is 0 Å². The van der Waals surface area contributed by atoms with Crippen LogP contribution in [0.15, 0.2) is 12.1 Å². The zero-order valence-corrected chi connectivity index (χ0v) is 13.8. The molecule has 1 aromatic rings. The van der Waals surface area contributed by atoms with Gasteiger partial charge in [0.25, 0.3) is 0 Å². The van der Waals surface area contributed by atoms with Crippen LogP contribution in [0.2, 0.25) is 0 Å². The molecule has 1 saturated carbocycles.